The molecule has 2 aromatic heterocycles. The van der Waals surface area contributed by atoms with E-state index >= 15 is 0 Å². The highest BCUT2D eigenvalue weighted by atomic mass is 79.9. The van der Waals surface area contributed by atoms with Gasteiger partial charge in [-0.1, -0.05) is 6.07 Å². The molecule has 4 heteroatoms. The molecule has 0 aromatic carbocycles. The molecule has 2 rings (SSSR count). The minimum absolute atomic E-state index is 0.473. The lowest BCUT2D eigenvalue weighted by molar-refractivity contribution is 0.178. The number of thiophene rings is 1. The van der Waals surface area contributed by atoms with Gasteiger partial charge in [0.15, 0.2) is 0 Å². The topological polar surface area (TPSA) is 33.1 Å². The molecule has 1 unspecified atom stereocenters. The van der Waals surface area contributed by atoms with Crippen LogP contribution in [0.5, 0.6) is 0 Å². The van der Waals surface area contributed by atoms with E-state index in [0.717, 1.165) is 15.0 Å². The van der Waals surface area contributed by atoms with Crippen molar-refractivity contribution in [2.45, 2.75) is 19.4 Å². The van der Waals surface area contributed by atoms with Crippen LogP contribution < -0.4 is 0 Å². The zero-order valence-electron chi connectivity index (χ0n) is 8.85. The van der Waals surface area contributed by atoms with Gasteiger partial charge < -0.3 is 5.11 Å². The van der Waals surface area contributed by atoms with Crippen molar-refractivity contribution in [3.8, 4) is 0 Å². The van der Waals surface area contributed by atoms with E-state index in [9.17, 15) is 5.11 Å². The average Bonchev–Trinajstić information content (AvgIpc) is 2.64. The summed E-state index contributed by atoms with van der Waals surface area (Å²) < 4.78 is 1.10. The largest absolute Gasteiger partial charge is 0.388 e. The van der Waals surface area contributed by atoms with Crippen molar-refractivity contribution in [2.75, 3.05) is 0 Å². The van der Waals surface area contributed by atoms with Crippen molar-refractivity contribution in [2.24, 2.45) is 0 Å². The molecule has 0 spiro atoms. The Balaban J connectivity index is 2.14. The smallest absolute Gasteiger partial charge is 0.0855 e. The Kier molecular flexibility index (Phi) is 3.74. The standard InChI is InChI=1S/C12H12BrNOS/c1-8-10(3-2-6-14-8)11(15)7-9-4-5-12(13)16-9/h2-6,11,15H,7H2,1H3. The Labute approximate surface area is 107 Å². The van der Waals surface area contributed by atoms with Crippen LogP contribution in [0.15, 0.2) is 34.2 Å². The van der Waals surface area contributed by atoms with E-state index in [-0.39, 0.29) is 0 Å². The molecular formula is C12H12BrNOS. The van der Waals surface area contributed by atoms with Gasteiger partial charge in [-0.2, -0.15) is 0 Å². The molecule has 0 bridgehead atoms. The molecule has 1 N–H and O–H groups in total. The van der Waals surface area contributed by atoms with Crippen molar-refractivity contribution in [1.29, 1.82) is 0 Å². The molecule has 0 amide bonds. The van der Waals surface area contributed by atoms with Crippen molar-refractivity contribution < 1.29 is 5.11 Å². The Morgan fingerprint density at radius 1 is 1.44 bits per heavy atom. The second kappa shape index (κ2) is 5.08. The summed E-state index contributed by atoms with van der Waals surface area (Å²) in [6.07, 6.45) is 1.91. The van der Waals surface area contributed by atoms with Gasteiger partial charge in [0.25, 0.3) is 0 Å². The third-order valence-electron chi connectivity index (χ3n) is 2.43. The maximum absolute atomic E-state index is 10.1. The van der Waals surface area contributed by atoms with Crippen LogP contribution in [0, 0.1) is 6.92 Å². The number of aliphatic hydroxyl groups excluding tert-OH is 1. The molecule has 84 valence electrons. The molecule has 0 saturated heterocycles. The van der Waals surface area contributed by atoms with Crippen LogP contribution in [-0.4, -0.2) is 10.1 Å². The number of halogens is 1. The first-order valence-electron chi connectivity index (χ1n) is 5.00. The SMILES string of the molecule is Cc1ncccc1C(O)Cc1ccc(Br)s1. The van der Waals surface area contributed by atoms with Gasteiger partial charge >= 0.3 is 0 Å². The Morgan fingerprint density at radius 3 is 2.88 bits per heavy atom. The van der Waals surface area contributed by atoms with Gasteiger partial charge in [-0.3, -0.25) is 4.98 Å². The fraction of sp³-hybridized carbons (Fsp3) is 0.250. The predicted octanol–water partition coefficient (Wildman–Crippen LogP) is 3.49. The van der Waals surface area contributed by atoms with Gasteiger partial charge in [0.2, 0.25) is 0 Å². The normalized spacial score (nSPS) is 12.7. The molecule has 0 fully saturated rings. The monoisotopic (exact) mass is 297 g/mol. The number of pyridine rings is 1. The van der Waals surface area contributed by atoms with Crippen molar-refractivity contribution >= 4 is 27.3 Å². The quantitative estimate of drug-likeness (QED) is 0.941. The fourth-order valence-electron chi connectivity index (χ4n) is 1.61. The lowest BCUT2D eigenvalue weighted by atomic mass is 10.0. The van der Waals surface area contributed by atoms with Crippen LogP contribution in [0.25, 0.3) is 0 Å². The van der Waals surface area contributed by atoms with Crippen LogP contribution in [0.2, 0.25) is 0 Å². The lowest BCUT2D eigenvalue weighted by Crippen LogP contribution is -2.03. The highest BCUT2D eigenvalue weighted by molar-refractivity contribution is 9.11. The fourth-order valence-corrected chi connectivity index (χ4v) is 3.13. The first-order valence-corrected chi connectivity index (χ1v) is 6.61. The first kappa shape index (κ1) is 11.8. The van der Waals surface area contributed by atoms with Crippen LogP contribution in [0.1, 0.15) is 22.2 Å². The Hall–Kier alpha value is -0.710. The van der Waals surface area contributed by atoms with Gasteiger partial charge in [0.05, 0.1) is 9.89 Å². The van der Waals surface area contributed by atoms with Gasteiger partial charge in [0, 0.05) is 28.8 Å². The summed E-state index contributed by atoms with van der Waals surface area (Å²) in [5, 5.41) is 10.1. The Morgan fingerprint density at radius 2 is 2.25 bits per heavy atom. The summed E-state index contributed by atoms with van der Waals surface area (Å²) in [6, 6.07) is 7.82. The van der Waals surface area contributed by atoms with Crippen molar-refractivity contribution in [3.63, 3.8) is 0 Å². The van der Waals surface area contributed by atoms with E-state index < -0.39 is 6.10 Å². The number of hydrogen-bond donors (Lipinski definition) is 1. The minimum Gasteiger partial charge on any atom is -0.388 e. The van der Waals surface area contributed by atoms with Crippen LogP contribution >= 0.6 is 27.3 Å². The number of hydrogen-bond acceptors (Lipinski definition) is 3. The molecular weight excluding hydrogens is 286 g/mol. The molecule has 2 nitrogen and oxygen atoms in total. The molecule has 0 radical (unpaired) electrons. The van der Waals surface area contributed by atoms with E-state index in [1.807, 2.05) is 31.2 Å². The maximum Gasteiger partial charge on any atom is 0.0855 e. The molecule has 2 heterocycles. The molecule has 2 aromatic rings. The van der Waals surface area contributed by atoms with Gasteiger partial charge in [-0.15, -0.1) is 11.3 Å². The minimum atomic E-state index is -0.473. The summed E-state index contributed by atoms with van der Waals surface area (Å²) in [6.45, 7) is 1.92. The molecule has 16 heavy (non-hydrogen) atoms. The third kappa shape index (κ3) is 2.70. The second-order valence-electron chi connectivity index (χ2n) is 3.60. The number of aliphatic hydroxyl groups is 1. The summed E-state index contributed by atoms with van der Waals surface area (Å²) in [7, 11) is 0. The van der Waals surface area contributed by atoms with E-state index in [1.165, 1.54) is 4.88 Å². The molecule has 0 aliphatic carbocycles. The van der Waals surface area contributed by atoms with E-state index in [2.05, 4.69) is 20.9 Å². The molecule has 0 aliphatic rings. The summed E-state index contributed by atoms with van der Waals surface area (Å²) in [4.78, 5) is 5.35. The summed E-state index contributed by atoms with van der Waals surface area (Å²) in [5.74, 6) is 0. The van der Waals surface area contributed by atoms with Crippen LogP contribution in [-0.2, 0) is 6.42 Å². The molecule has 0 aliphatic heterocycles. The van der Waals surface area contributed by atoms with Gasteiger partial charge in [0.1, 0.15) is 0 Å². The van der Waals surface area contributed by atoms with E-state index in [1.54, 1.807) is 17.5 Å². The van der Waals surface area contributed by atoms with Crippen LogP contribution in [0.4, 0.5) is 0 Å². The highest BCUT2D eigenvalue weighted by Gasteiger charge is 2.12. The molecule has 0 saturated carbocycles. The van der Waals surface area contributed by atoms with Crippen molar-refractivity contribution in [1.82, 2.24) is 4.98 Å². The lowest BCUT2D eigenvalue weighted by Gasteiger charge is -2.11. The summed E-state index contributed by atoms with van der Waals surface area (Å²) in [5.41, 5.74) is 1.80. The molecule has 1 atom stereocenters. The number of aryl methyl sites for hydroxylation is 1. The summed E-state index contributed by atoms with van der Waals surface area (Å²) >= 11 is 5.07. The third-order valence-corrected chi connectivity index (χ3v) is 4.08. The van der Waals surface area contributed by atoms with E-state index in [4.69, 9.17) is 0 Å². The van der Waals surface area contributed by atoms with Gasteiger partial charge in [-0.05, 0) is 41.1 Å². The maximum atomic E-state index is 10.1. The number of nitrogens with zero attached hydrogens (tertiary/aromatic N) is 1. The number of aromatic nitrogens is 1. The first-order chi connectivity index (χ1) is 7.66. The zero-order valence-corrected chi connectivity index (χ0v) is 11.3. The van der Waals surface area contributed by atoms with Crippen molar-refractivity contribution in [3.05, 3.63) is 50.4 Å². The zero-order chi connectivity index (χ0) is 11.5. The average molecular weight is 298 g/mol. The van der Waals surface area contributed by atoms with Gasteiger partial charge in [-0.25, -0.2) is 0 Å². The highest BCUT2D eigenvalue weighted by Crippen LogP contribution is 2.27. The number of rotatable bonds is 3. The predicted molar refractivity (Wildman–Crippen MR) is 69.7 cm³/mol. The van der Waals surface area contributed by atoms with E-state index in [0.29, 0.717) is 6.42 Å². The second-order valence-corrected chi connectivity index (χ2v) is 6.15. The van der Waals surface area contributed by atoms with Crippen LogP contribution in [0.3, 0.4) is 0 Å². The Bertz CT molecular complexity index is 483.